The molecule has 0 aliphatic rings. The summed E-state index contributed by atoms with van der Waals surface area (Å²) in [6.07, 6.45) is 77.2. The van der Waals surface area contributed by atoms with Gasteiger partial charge < -0.3 is 14.2 Å². The molecule has 0 aliphatic heterocycles. The molecule has 1 atom stereocenters. The first-order chi connectivity index (χ1) is 35.0. The van der Waals surface area contributed by atoms with Gasteiger partial charge in [0, 0.05) is 19.3 Å². The summed E-state index contributed by atoms with van der Waals surface area (Å²) in [5, 5.41) is 0. The fraction of sp³-hybridized carbons (Fsp3) is 0.738. The SMILES string of the molecule is CC\C=C/C=C\C=C/C=C\C=C\C=C/CCCCCC(=O)OC(COC(=O)CCCCCCCCC/C=C\CCCCCCCCCC)COC(=O)CCCCCCCCCCCCCCCCCCC. The number of hydrogen-bond acceptors (Lipinski definition) is 6. The third kappa shape index (κ3) is 57.4. The van der Waals surface area contributed by atoms with Crippen LogP contribution in [0.3, 0.4) is 0 Å². The Kier molecular flexibility index (Phi) is 56.3. The molecule has 1 unspecified atom stereocenters. The number of hydrogen-bond donors (Lipinski definition) is 0. The summed E-state index contributed by atoms with van der Waals surface area (Å²) in [6.45, 7) is 6.49. The van der Waals surface area contributed by atoms with Crippen LogP contribution in [0.4, 0.5) is 0 Å². The molecule has 0 aromatic rings. The van der Waals surface area contributed by atoms with Gasteiger partial charge in [-0.05, 0) is 64.2 Å². The topological polar surface area (TPSA) is 78.9 Å². The van der Waals surface area contributed by atoms with Crippen LogP contribution in [0, 0.1) is 0 Å². The summed E-state index contributed by atoms with van der Waals surface area (Å²) in [5.74, 6) is -0.931. The second-order valence-corrected chi connectivity index (χ2v) is 20.0. The summed E-state index contributed by atoms with van der Waals surface area (Å²) >= 11 is 0. The van der Waals surface area contributed by atoms with Crippen molar-refractivity contribution in [2.45, 2.75) is 297 Å². The Balaban J connectivity index is 4.44. The molecule has 0 N–H and O–H groups in total. The van der Waals surface area contributed by atoms with Gasteiger partial charge in [-0.3, -0.25) is 14.4 Å². The van der Waals surface area contributed by atoms with Crippen molar-refractivity contribution >= 4 is 17.9 Å². The van der Waals surface area contributed by atoms with Crippen molar-refractivity contribution in [1.82, 2.24) is 0 Å². The standard InChI is InChI=1S/C65H112O6/c1-4-7-10-13-16-19-22-25-28-31-32-35-37-40-43-46-49-52-55-58-64(67)70-61-62(71-65(68)59-56-53-50-47-44-41-38-34-30-27-24-21-18-15-12-9-6-3)60-69-63(66)57-54-51-48-45-42-39-36-33-29-26-23-20-17-14-11-8-5-2/h9,12,15,18,21,24,27,30-32,34,38,41,44,62H,4-8,10-11,13-14,16-17,19-20,22-23,25-26,28-29,33,35-37,39-40,42-43,45-61H2,1-3H3/b12-9-,18-15-,24-21-,30-27-,32-31-,38-34+,44-41-. The van der Waals surface area contributed by atoms with E-state index in [1.54, 1.807) is 0 Å². The Hall–Kier alpha value is -3.41. The van der Waals surface area contributed by atoms with Crippen LogP contribution in [-0.4, -0.2) is 37.2 Å². The van der Waals surface area contributed by atoms with E-state index in [-0.39, 0.29) is 37.5 Å². The zero-order valence-electron chi connectivity index (χ0n) is 46.7. The second-order valence-electron chi connectivity index (χ2n) is 20.0. The molecule has 6 heteroatoms. The predicted octanol–water partition coefficient (Wildman–Crippen LogP) is 20.3. The molecule has 0 aromatic carbocycles. The van der Waals surface area contributed by atoms with E-state index >= 15 is 0 Å². The molecule has 0 spiro atoms. The first-order valence-electron chi connectivity index (χ1n) is 30.2. The molecule has 0 aliphatic carbocycles. The maximum Gasteiger partial charge on any atom is 0.306 e. The molecule has 0 fully saturated rings. The average molecular weight is 990 g/mol. The van der Waals surface area contributed by atoms with Crippen LogP contribution in [0.2, 0.25) is 0 Å². The molecule has 0 aromatic heterocycles. The van der Waals surface area contributed by atoms with E-state index in [1.165, 1.54) is 180 Å². The van der Waals surface area contributed by atoms with E-state index < -0.39 is 6.10 Å². The summed E-state index contributed by atoms with van der Waals surface area (Å²) in [4.78, 5) is 38.2. The molecule has 0 saturated heterocycles. The van der Waals surface area contributed by atoms with Gasteiger partial charge in [-0.25, -0.2) is 0 Å². The third-order valence-electron chi connectivity index (χ3n) is 13.0. The van der Waals surface area contributed by atoms with Crippen molar-refractivity contribution in [3.8, 4) is 0 Å². The van der Waals surface area contributed by atoms with Crippen molar-refractivity contribution in [1.29, 1.82) is 0 Å². The number of allylic oxidation sites excluding steroid dienone is 14. The van der Waals surface area contributed by atoms with Crippen LogP contribution >= 0.6 is 0 Å². The number of unbranched alkanes of at least 4 members (excludes halogenated alkanes) is 34. The van der Waals surface area contributed by atoms with E-state index in [0.717, 1.165) is 64.2 Å². The van der Waals surface area contributed by atoms with Crippen LogP contribution < -0.4 is 0 Å². The molecule has 6 nitrogen and oxygen atoms in total. The number of carbonyl (C=O) groups is 3. The van der Waals surface area contributed by atoms with E-state index in [1.807, 2.05) is 60.8 Å². The van der Waals surface area contributed by atoms with Crippen molar-refractivity contribution in [2.24, 2.45) is 0 Å². The maximum absolute atomic E-state index is 12.9. The minimum Gasteiger partial charge on any atom is -0.462 e. The summed E-state index contributed by atoms with van der Waals surface area (Å²) < 4.78 is 16.9. The van der Waals surface area contributed by atoms with Gasteiger partial charge in [0.2, 0.25) is 0 Å². The first kappa shape index (κ1) is 67.6. The van der Waals surface area contributed by atoms with Crippen LogP contribution in [0.5, 0.6) is 0 Å². The highest BCUT2D eigenvalue weighted by Gasteiger charge is 2.19. The monoisotopic (exact) mass is 989 g/mol. The molecule has 0 saturated carbocycles. The Bertz CT molecular complexity index is 1370. The third-order valence-corrected chi connectivity index (χ3v) is 13.0. The highest BCUT2D eigenvalue weighted by atomic mass is 16.6. The van der Waals surface area contributed by atoms with Gasteiger partial charge in [0.15, 0.2) is 6.10 Å². The van der Waals surface area contributed by atoms with E-state index in [9.17, 15) is 14.4 Å². The predicted molar refractivity (Wildman–Crippen MR) is 307 cm³/mol. The molecule has 0 radical (unpaired) electrons. The van der Waals surface area contributed by atoms with Crippen LogP contribution in [-0.2, 0) is 28.6 Å². The van der Waals surface area contributed by atoms with Gasteiger partial charge in [0.1, 0.15) is 13.2 Å². The molecular weight excluding hydrogens is 877 g/mol. The van der Waals surface area contributed by atoms with Gasteiger partial charge in [0.05, 0.1) is 0 Å². The maximum atomic E-state index is 12.9. The van der Waals surface area contributed by atoms with Gasteiger partial charge in [-0.15, -0.1) is 0 Å². The lowest BCUT2D eigenvalue weighted by Gasteiger charge is -2.18. The van der Waals surface area contributed by atoms with Crippen molar-refractivity contribution in [3.63, 3.8) is 0 Å². The average Bonchev–Trinajstić information content (AvgIpc) is 3.37. The van der Waals surface area contributed by atoms with Crippen molar-refractivity contribution in [3.05, 3.63) is 85.1 Å². The zero-order chi connectivity index (χ0) is 51.4. The number of ether oxygens (including phenoxy) is 3. The Morgan fingerprint density at radius 3 is 0.915 bits per heavy atom. The molecule has 71 heavy (non-hydrogen) atoms. The summed E-state index contributed by atoms with van der Waals surface area (Å²) in [6, 6.07) is 0. The molecule has 0 bridgehead atoms. The molecule has 0 amide bonds. The Labute approximate surface area is 439 Å². The summed E-state index contributed by atoms with van der Waals surface area (Å²) in [5.41, 5.74) is 0. The smallest absolute Gasteiger partial charge is 0.306 e. The Morgan fingerprint density at radius 1 is 0.296 bits per heavy atom. The highest BCUT2D eigenvalue weighted by molar-refractivity contribution is 5.71. The number of esters is 3. The molecule has 0 rings (SSSR count). The van der Waals surface area contributed by atoms with Gasteiger partial charge in [-0.2, -0.15) is 0 Å². The zero-order valence-corrected chi connectivity index (χ0v) is 46.7. The van der Waals surface area contributed by atoms with Crippen LogP contribution in [0.1, 0.15) is 290 Å². The second kappa shape index (κ2) is 59.2. The van der Waals surface area contributed by atoms with Crippen LogP contribution in [0.25, 0.3) is 0 Å². The Morgan fingerprint density at radius 2 is 0.563 bits per heavy atom. The van der Waals surface area contributed by atoms with Gasteiger partial charge >= 0.3 is 17.9 Å². The fourth-order valence-corrected chi connectivity index (χ4v) is 8.53. The normalized spacial score (nSPS) is 12.7. The molecular formula is C65H112O6. The molecule has 0 heterocycles. The summed E-state index contributed by atoms with van der Waals surface area (Å²) in [7, 11) is 0. The lowest BCUT2D eigenvalue weighted by atomic mass is 10.0. The first-order valence-corrected chi connectivity index (χ1v) is 30.2. The van der Waals surface area contributed by atoms with Crippen molar-refractivity contribution < 1.29 is 28.6 Å². The number of rotatable bonds is 54. The minimum absolute atomic E-state index is 0.0939. The van der Waals surface area contributed by atoms with Crippen LogP contribution in [0.15, 0.2) is 85.1 Å². The fourth-order valence-electron chi connectivity index (χ4n) is 8.53. The van der Waals surface area contributed by atoms with E-state index in [2.05, 4.69) is 45.1 Å². The van der Waals surface area contributed by atoms with Crippen molar-refractivity contribution in [2.75, 3.05) is 13.2 Å². The lowest BCUT2D eigenvalue weighted by Crippen LogP contribution is -2.30. The number of carbonyl (C=O) groups excluding carboxylic acids is 3. The van der Waals surface area contributed by atoms with Gasteiger partial charge in [-0.1, -0.05) is 292 Å². The van der Waals surface area contributed by atoms with E-state index in [4.69, 9.17) is 14.2 Å². The van der Waals surface area contributed by atoms with E-state index in [0.29, 0.717) is 19.3 Å². The van der Waals surface area contributed by atoms with Gasteiger partial charge in [0.25, 0.3) is 0 Å². The quantitative estimate of drug-likeness (QED) is 0.0199. The highest BCUT2D eigenvalue weighted by Crippen LogP contribution is 2.16. The minimum atomic E-state index is -0.801. The largest absolute Gasteiger partial charge is 0.462 e. The lowest BCUT2D eigenvalue weighted by molar-refractivity contribution is -0.167. The molecule has 408 valence electrons.